The molecule has 1 fully saturated rings. The van der Waals surface area contributed by atoms with Gasteiger partial charge in [-0.25, -0.2) is 24.5 Å². The van der Waals surface area contributed by atoms with E-state index in [2.05, 4.69) is 20.3 Å². The molecule has 0 saturated carbocycles. The first-order chi connectivity index (χ1) is 27.5. The van der Waals surface area contributed by atoms with Gasteiger partial charge in [0.15, 0.2) is 11.2 Å². The van der Waals surface area contributed by atoms with Gasteiger partial charge in [0.2, 0.25) is 5.95 Å². The van der Waals surface area contributed by atoms with Crippen molar-refractivity contribution in [3.63, 3.8) is 0 Å². The summed E-state index contributed by atoms with van der Waals surface area (Å²) in [4.78, 5) is 49.1. The molecule has 15 heteroatoms. The van der Waals surface area contributed by atoms with Crippen molar-refractivity contribution < 1.29 is 29.3 Å². The largest absolute Gasteiger partial charge is 0.425 e. The first-order valence-corrected chi connectivity index (χ1v) is 18.0. The summed E-state index contributed by atoms with van der Waals surface area (Å²) in [5.41, 5.74) is 3.69. The minimum absolute atomic E-state index is 0.104. The Morgan fingerprint density at radius 3 is 1.91 bits per heavy atom. The van der Waals surface area contributed by atoms with Gasteiger partial charge in [0, 0.05) is 25.6 Å². The number of carbonyl (C=O) groups is 2. The fourth-order valence-corrected chi connectivity index (χ4v) is 6.48. The summed E-state index contributed by atoms with van der Waals surface area (Å²) >= 11 is 0. The average Bonchev–Trinajstić information content (AvgIpc) is 3.98. The number of hydrogen-bond acceptors (Lipinski definition) is 11. The first kappa shape index (κ1) is 36.1. The lowest BCUT2D eigenvalue weighted by Gasteiger charge is -2.22. The third kappa shape index (κ3) is 7.54. The van der Waals surface area contributed by atoms with Gasteiger partial charge in [-0.05, 0) is 48.5 Å². The number of nitrogens with one attached hydrogen (secondary N) is 1. The molecule has 0 aliphatic carbocycles. The Morgan fingerprint density at radius 1 is 0.786 bits per heavy atom. The summed E-state index contributed by atoms with van der Waals surface area (Å²) < 4.78 is 15.0. The van der Waals surface area contributed by atoms with E-state index in [0.29, 0.717) is 41.4 Å². The van der Waals surface area contributed by atoms with Crippen molar-refractivity contribution in [2.24, 2.45) is 0 Å². The molecule has 15 nitrogen and oxygen atoms in total. The van der Waals surface area contributed by atoms with Crippen LogP contribution in [0.1, 0.15) is 18.3 Å². The van der Waals surface area contributed by atoms with Crippen LogP contribution in [0, 0.1) is 0 Å². The summed E-state index contributed by atoms with van der Waals surface area (Å²) in [5, 5.41) is 23.4. The molecule has 3 N–H and O–H groups in total. The molecule has 8 rings (SSSR count). The average molecular weight is 752 g/mol. The second-order valence-electron chi connectivity index (χ2n) is 12.9. The maximum Gasteiger partial charge on any atom is 0.425 e. The van der Waals surface area contributed by atoms with Crippen LogP contribution < -0.4 is 19.9 Å². The van der Waals surface area contributed by atoms with Gasteiger partial charge in [-0.1, -0.05) is 72.8 Å². The molecule has 1 aliphatic heterocycles. The Hall–Kier alpha value is -6.94. The Kier molecular flexibility index (Phi) is 10.4. The number of benzene rings is 4. The number of nitrogens with zero attached hydrogens (tertiary/aromatic N) is 8. The SMILES string of the molecule is O=C(Oc1nc(NCCc2cn(C(=O)N(c3ccccc3)c3ccccc3)cn2)nc2c1ncn2[C@H]1C[C@H](O)[C@@H](CO)O1)N(c1ccccc1)c1ccccc1. The van der Waals surface area contributed by atoms with Crippen LogP contribution in [0.25, 0.3) is 11.2 Å². The van der Waals surface area contributed by atoms with E-state index in [1.807, 2.05) is 97.1 Å². The van der Waals surface area contributed by atoms with Crippen molar-refractivity contribution in [3.8, 4) is 5.88 Å². The van der Waals surface area contributed by atoms with Crippen molar-refractivity contribution in [1.82, 2.24) is 29.1 Å². The standard InChI is InChI=1S/C41H37N9O6/c51-25-34-33(52)23-35(55-34)48-27-44-36-37(48)45-39(46-38(36)56-41(54)50(31-17-9-3-10-18-31)32-19-11-4-12-20-32)42-22-21-28-24-47(26-43-28)40(53)49(29-13-5-1-6-14-29)30-15-7-2-8-16-30/h1-20,24,26-27,33-35,51-52H,21-23,25H2,(H,42,45,46)/t33-,34+,35+/m0/s1. The molecule has 2 amide bonds. The van der Waals surface area contributed by atoms with Crippen LogP contribution >= 0.6 is 0 Å². The van der Waals surface area contributed by atoms with E-state index in [9.17, 15) is 19.8 Å². The zero-order valence-corrected chi connectivity index (χ0v) is 29.9. The van der Waals surface area contributed by atoms with Crippen LogP contribution in [0.5, 0.6) is 5.88 Å². The van der Waals surface area contributed by atoms with Gasteiger partial charge < -0.3 is 25.0 Å². The van der Waals surface area contributed by atoms with Crippen LogP contribution in [0.3, 0.4) is 0 Å². The summed E-state index contributed by atoms with van der Waals surface area (Å²) in [5.74, 6) is 0.0206. The smallest absolute Gasteiger partial charge is 0.394 e. The lowest BCUT2D eigenvalue weighted by Crippen LogP contribution is -2.29. The minimum atomic E-state index is -0.899. The van der Waals surface area contributed by atoms with Gasteiger partial charge in [-0.3, -0.25) is 14.0 Å². The fourth-order valence-electron chi connectivity index (χ4n) is 6.48. The number of imidazole rings is 2. The Morgan fingerprint density at radius 2 is 1.36 bits per heavy atom. The molecule has 7 aromatic rings. The normalized spacial score (nSPS) is 16.4. The van der Waals surface area contributed by atoms with Gasteiger partial charge in [-0.15, -0.1) is 0 Å². The number of hydrogen-bond donors (Lipinski definition) is 3. The van der Waals surface area contributed by atoms with E-state index >= 15 is 0 Å². The van der Waals surface area contributed by atoms with Crippen molar-refractivity contribution in [1.29, 1.82) is 0 Å². The number of aliphatic hydroxyl groups is 2. The van der Waals surface area contributed by atoms with Crippen molar-refractivity contribution >= 4 is 52.0 Å². The number of aliphatic hydroxyl groups excluding tert-OH is 2. The number of anilines is 5. The van der Waals surface area contributed by atoms with Gasteiger partial charge in [0.1, 0.15) is 18.7 Å². The van der Waals surface area contributed by atoms with E-state index in [1.165, 1.54) is 22.1 Å². The molecule has 56 heavy (non-hydrogen) atoms. The van der Waals surface area contributed by atoms with E-state index < -0.39 is 24.5 Å². The number of rotatable bonds is 11. The first-order valence-electron chi connectivity index (χ1n) is 18.0. The number of aromatic nitrogens is 6. The lowest BCUT2D eigenvalue weighted by molar-refractivity contribution is -0.0432. The van der Waals surface area contributed by atoms with Crippen LogP contribution in [-0.4, -0.2) is 76.8 Å². The Balaban J connectivity index is 1.05. The van der Waals surface area contributed by atoms with E-state index in [1.54, 1.807) is 39.9 Å². The molecule has 0 unspecified atom stereocenters. The van der Waals surface area contributed by atoms with Gasteiger partial charge in [0.25, 0.3) is 5.88 Å². The molecule has 1 saturated heterocycles. The topological polar surface area (TPSA) is 173 Å². The van der Waals surface area contributed by atoms with E-state index in [4.69, 9.17) is 14.5 Å². The number of amides is 2. The third-order valence-corrected chi connectivity index (χ3v) is 9.22. The summed E-state index contributed by atoms with van der Waals surface area (Å²) in [6.07, 6.45) is 2.10. The highest BCUT2D eigenvalue weighted by Gasteiger charge is 2.36. The van der Waals surface area contributed by atoms with Gasteiger partial charge >= 0.3 is 12.1 Å². The van der Waals surface area contributed by atoms with Crippen LogP contribution in [0.15, 0.2) is 140 Å². The van der Waals surface area contributed by atoms with Crippen LogP contribution in [0.2, 0.25) is 0 Å². The summed E-state index contributed by atoms with van der Waals surface area (Å²) in [7, 11) is 0. The van der Waals surface area contributed by atoms with Crippen LogP contribution in [0.4, 0.5) is 38.3 Å². The zero-order valence-electron chi connectivity index (χ0n) is 29.9. The highest BCUT2D eigenvalue weighted by molar-refractivity contribution is 6.00. The second kappa shape index (κ2) is 16.2. The molecule has 0 spiro atoms. The molecule has 4 aromatic carbocycles. The Labute approximate surface area is 321 Å². The molecule has 3 atom stereocenters. The molecular formula is C41H37N9O6. The predicted octanol–water partition coefficient (Wildman–Crippen LogP) is 6.46. The van der Waals surface area contributed by atoms with Crippen molar-refractivity contribution in [3.05, 3.63) is 146 Å². The van der Waals surface area contributed by atoms with Crippen LogP contribution in [-0.2, 0) is 11.2 Å². The van der Waals surface area contributed by atoms with E-state index in [-0.39, 0.29) is 42.1 Å². The summed E-state index contributed by atoms with van der Waals surface area (Å²) in [6.45, 7) is -0.0631. The molecule has 4 heterocycles. The van der Waals surface area contributed by atoms with E-state index in [0.717, 1.165) is 0 Å². The Bertz CT molecular complexity index is 2330. The second-order valence-corrected chi connectivity index (χ2v) is 12.9. The zero-order chi connectivity index (χ0) is 38.4. The molecule has 0 radical (unpaired) electrons. The molecule has 3 aromatic heterocycles. The summed E-state index contributed by atoms with van der Waals surface area (Å²) in [6, 6.07) is 36.6. The minimum Gasteiger partial charge on any atom is -0.394 e. The highest BCUT2D eigenvalue weighted by atomic mass is 16.6. The molecule has 282 valence electrons. The number of carbonyl (C=O) groups excluding carboxylic acids is 2. The van der Waals surface area contributed by atoms with Crippen molar-refractivity contribution in [2.45, 2.75) is 31.3 Å². The third-order valence-electron chi connectivity index (χ3n) is 9.22. The number of fused-ring (bicyclic) bond motifs is 1. The quantitative estimate of drug-likeness (QED) is 0.132. The maximum absolute atomic E-state index is 14.0. The fraction of sp³-hybridized carbons (Fsp3) is 0.171. The predicted molar refractivity (Wildman–Crippen MR) is 208 cm³/mol. The lowest BCUT2D eigenvalue weighted by atomic mass is 10.2. The highest BCUT2D eigenvalue weighted by Crippen LogP contribution is 2.34. The molecule has 0 bridgehead atoms. The molecule has 1 aliphatic rings. The monoisotopic (exact) mass is 751 g/mol. The number of para-hydroxylation sites is 4. The molecular weight excluding hydrogens is 715 g/mol. The van der Waals surface area contributed by atoms with Gasteiger partial charge in [0.05, 0.1) is 47.5 Å². The maximum atomic E-state index is 14.0. The number of ether oxygens (including phenoxy) is 2. The van der Waals surface area contributed by atoms with Crippen molar-refractivity contribution in [2.75, 3.05) is 28.3 Å². The van der Waals surface area contributed by atoms with Gasteiger partial charge in [-0.2, -0.15) is 9.97 Å².